The van der Waals surface area contributed by atoms with Gasteiger partial charge in [0.05, 0.1) is 6.33 Å². The summed E-state index contributed by atoms with van der Waals surface area (Å²) in [4.78, 5) is 15.7. The first-order valence-electron chi connectivity index (χ1n) is 6.26. The Morgan fingerprint density at radius 3 is 2.94 bits per heavy atom. The first-order valence-corrected chi connectivity index (χ1v) is 7.49. The van der Waals surface area contributed by atoms with Gasteiger partial charge in [-0.2, -0.15) is 11.8 Å². The molecular weight excluding hydrogens is 246 g/mol. The van der Waals surface area contributed by atoms with E-state index in [4.69, 9.17) is 0 Å². The maximum atomic E-state index is 4.30. The number of aromatic nitrogens is 4. The van der Waals surface area contributed by atoms with Gasteiger partial charge in [-0.3, -0.25) is 0 Å². The molecule has 3 rings (SSSR count). The predicted molar refractivity (Wildman–Crippen MR) is 74.9 cm³/mol. The zero-order valence-corrected chi connectivity index (χ0v) is 11.3. The molecule has 6 heteroatoms. The van der Waals surface area contributed by atoms with Crippen molar-refractivity contribution in [2.24, 2.45) is 0 Å². The number of thioether (sulfide) groups is 1. The number of rotatable bonds is 4. The van der Waals surface area contributed by atoms with E-state index >= 15 is 0 Å². The van der Waals surface area contributed by atoms with Crippen LogP contribution in [0.25, 0.3) is 11.2 Å². The average Bonchev–Trinajstić information content (AvgIpc) is 3.06. The monoisotopic (exact) mass is 263 g/mol. The predicted octanol–water partition coefficient (Wildman–Crippen LogP) is 2.44. The van der Waals surface area contributed by atoms with Crippen LogP contribution in [0.2, 0.25) is 0 Å². The van der Waals surface area contributed by atoms with E-state index in [2.05, 4.69) is 31.5 Å². The summed E-state index contributed by atoms with van der Waals surface area (Å²) in [6.45, 7) is 0.958. The number of hydrogen-bond donors (Lipinski definition) is 2. The molecule has 2 N–H and O–H groups in total. The number of fused-ring (bicyclic) bond motifs is 1. The standard InChI is InChI=1S/C12H17N5S/c1-18-12(4-2-3-5-12)6-13-10-9-11(15-7-14-9)17-8-16-10/h7-8H,2-6H2,1H3,(H2,13,14,15,16,17). The lowest BCUT2D eigenvalue weighted by Gasteiger charge is -2.27. The summed E-state index contributed by atoms with van der Waals surface area (Å²) in [5, 5.41) is 3.46. The van der Waals surface area contributed by atoms with Crippen LogP contribution in [-0.4, -0.2) is 37.5 Å². The van der Waals surface area contributed by atoms with Crippen molar-refractivity contribution in [1.82, 2.24) is 19.9 Å². The quantitative estimate of drug-likeness (QED) is 0.887. The SMILES string of the molecule is CSC1(CNc2ncnc3nc[nH]c23)CCCC1. The summed E-state index contributed by atoms with van der Waals surface area (Å²) >= 11 is 1.97. The summed E-state index contributed by atoms with van der Waals surface area (Å²) in [6.07, 6.45) is 10.7. The van der Waals surface area contributed by atoms with Gasteiger partial charge >= 0.3 is 0 Å². The highest BCUT2D eigenvalue weighted by Crippen LogP contribution is 2.40. The van der Waals surface area contributed by atoms with Gasteiger partial charge in [-0.15, -0.1) is 0 Å². The van der Waals surface area contributed by atoms with E-state index in [9.17, 15) is 0 Å². The number of nitrogens with one attached hydrogen (secondary N) is 2. The molecule has 2 aromatic rings. The van der Waals surface area contributed by atoms with E-state index in [1.54, 1.807) is 12.7 Å². The van der Waals surface area contributed by atoms with Gasteiger partial charge in [0.15, 0.2) is 11.5 Å². The molecule has 0 amide bonds. The van der Waals surface area contributed by atoms with Crippen LogP contribution in [0.1, 0.15) is 25.7 Å². The molecule has 0 atom stereocenters. The third kappa shape index (κ3) is 2.05. The molecule has 1 aliphatic carbocycles. The van der Waals surface area contributed by atoms with Crippen LogP contribution in [-0.2, 0) is 0 Å². The van der Waals surface area contributed by atoms with E-state index in [1.807, 2.05) is 11.8 Å². The minimum absolute atomic E-state index is 0.372. The van der Waals surface area contributed by atoms with E-state index in [1.165, 1.54) is 25.7 Å². The summed E-state index contributed by atoms with van der Waals surface area (Å²) in [5.41, 5.74) is 1.61. The molecule has 0 spiro atoms. The van der Waals surface area contributed by atoms with Crippen molar-refractivity contribution in [1.29, 1.82) is 0 Å². The molecule has 96 valence electrons. The van der Waals surface area contributed by atoms with Gasteiger partial charge in [-0.1, -0.05) is 12.8 Å². The maximum absolute atomic E-state index is 4.30. The third-order valence-corrected chi connectivity index (χ3v) is 5.17. The maximum Gasteiger partial charge on any atom is 0.182 e. The van der Waals surface area contributed by atoms with Crippen molar-refractivity contribution in [2.45, 2.75) is 30.4 Å². The molecule has 0 aromatic carbocycles. The second-order valence-corrected chi connectivity index (χ2v) is 6.05. The zero-order chi connectivity index (χ0) is 12.4. The molecule has 1 fully saturated rings. The fraction of sp³-hybridized carbons (Fsp3) is 0.583. The number of aromatic amines is 1. The largest absolute Gasteiger partial charge is 0.367 e. The van der Waals surface area contributed by atoms with Gasteiger partial charge in [-0.25, -0.2) is 15.0 Å². The highest BCUT2D eigenvalue weighted by molar-refractivity contribution is 8.00. The Labute approximate surface area is 110 Å². The van der Waals surface area contributed by atoms with Crippen molar-refractivity contribution in [3.8, 4) is 0 Å². The lowest BCUT2D eigenvalue weighted by atomic mass is 10.1. The summed E-state index contributed by atoms with van der Waals surface area (Å²) in [6, 6.07) is 0. The molecule has 2 aromatic heterocycles. The summed E-state index contributed by atoms with van der Waals surface area (Å²) < 4.78 is 0.372. The first kappa shape index (κ1) is 11.8. The first-order chi connectivity index (χ1) is 8.83. The Morgan fingerprint density at radius 2 is 2.17 bits per heavy atom. The molecule has 5 nitrogen and oxygen atoms in total. The molecule has 18 heavy (non-hydrogen) atoms. The number of H-pyrrole nitrogens is 1. The molecule has 1 aliphatic rings. The summed E-state index contributed by atoms with van der Waals surface area (Å²) in [5.74, 6) is 0.859. The van der Waals surface area contributed by atoms with Crippen molar-refractivity contribution in [2.75, 3.05) is 18.1 Å². The minimum atomic E-state index is 0.372. The third-order valence-electron chi connectivity index (χ3n) is 3.75. The molecule has 0 aliphatic heterocycles. The highest BCUT2D eigenvalue weighted by Gasteiger charge is 2.32. The van der Waals surface area contributed by atoms with Crippen LogP contribution in [0, 0.1) is 0 Å². The number of anilines is 1. The van der Waals surface area contributed by atoms with Crippen LogP contribution < -0.4 is 5.32 Å². The van der Waals surface area contributed by atoms with Crippen LogP contribution >= 0.6 is 11.8 Å². The normalized spacial score (nSPS) is 18.3. The Morgan fingerprint density at radius 1 is 1.33 bits per heavy atom. The molecule has 0 bridgehead atoms. The Kier molecular flexibility index (Phi) is 3.11. The topological polar surface area (TPSA) is 66.5 Å². The molecule has 1 saturated carbocycles. The second-order valence-electron chi connectivity index (χ2n) is 4.77. The minimum Gasteiger partial charge on any atom is -0.367 e. The highest BCUT2D eigenvalue weighted by atomic mass is 32.2. The van der Waals surface area contributed by atoms with Gasteiger partial charge < -0.3 is 10.3 Å². The lowest BCUT2D eigenvalue weighted by molar-refractivity contribution is 0.639. The van der Waals surface area contributed by atoms with Crippen LogP contribution in [0.15, 0.2) is 12.7 Å². The molecule has 0 unspecified atom stereocenters. The fourth-order valence-corrected chi connectivity index (χ4v) is 3.53. The fourth-order valence-electron chi connectivity index (χ4n) is 2.62. The van der Waals surface area contributed by atoms with Crippen LogP contribution in [0.5, 0.6) is 0 Å². The molecule has 2 heterocycles. The van der Waals surface area contributed by atoms with Gasteiger partial charge in [0, 0.05) is 11.3 Å². The smallest absolute Gasteiger partial charge is 0.182 e. The van der Waals surface area contributed by atoms with Crippen molar-refractivity contribution in [3.05, 3.63) is 12.7 Å². The second kappa shape index (κ2) is 4.76. The number of hydrogen-bond acceptors (Lipinski definition) is 5. The van der Waals surface area contributed by atoms with Crippen molar-refractivity contribution >= 4 is 28.7 Å². The number of imidazole rings is 1. The van der Waals surface area contributed by atoms with E-state index in [-0.39, 0.29) is 0 Å². The zero-order valence-electron chi connectivity index (χ0n) is 10.4. The van der Waals surface area contributed by atoms with E-state index in [0.29, 0.717) is 4.75 Å². The summed E-state index contributed by atoms with van der Waals surface area (Å²) in [7, 11) is 0. The van der Waals surface area contributed by atoms with Gasteiger partial charge in [-0.05, 0) is 19.1 Å². The molecular formula is C12H17N5S. The number of nitrogens with zero attached hydrogens (tertiary/aromatic N) is 3. The van der Waals surface area contributed by atoms with Crippen molar-refractivity contribution in [3.63, 3.8) is 0 Å². The Bertz CT molecular complexity index is 532. The Hall–Kier alpha value is -1.30. The average molecular weight is 263 g/mol. The van der Waals surface area contributed by atoms with Crippen LogP contribution in [0.4, 0.5) is 5.82 Å². The van der Waals surface area contributed by atoms with E-state index < -0.39 is 0 Å². The van der Waals surface area contributed by atoms with Gasteiger partial charge in [0.2, 0.25) is 0 Å². The van der Waals surface area contributed by atoms with Gasteiger partial charge in [0.1, 0.15) is 11.8 Å². The molecule has 0 radical (unpaired) electrons. The Balaban J connectivity index is 1.78. The van der Waals surface area contributed by atoms with Gasteiger partial charge in [0.25, 0.3) is 0 Å². The molecule has 0 saturated heterocycles. The van der Waals surface area contributed by atoms with Crippen molar-refractivity contribution < 1.29 is 0 Å². The van der Waals surface area contributed by atoms with E-state index in [0.717, 1.165) is 23.5 Å². The van der Waals surface area contributed by atoms with Crippen LogP contribution in [0.3, 0.4) is 0 Å². The lowest BCUT2D eigenvalue weighted by Crippen LogP contribution is -2.30.